The Morgan fingerprint density at radius 3 is 2.45 bits per heavy atom. The predicted octanol–water partition coefficient (Wildman–Crippen LogP) is 4.72. The summed E-state index contributed by atoms with van der Waals surface area (Å²) in [6.07, 6.45) is -5.03. The van der Waals surface area contributed by atoms with Gasteiger partial charge in [-0.3, -0.25) is 14.4 Å². The van der Waals surface area contributed by atoms with Crippen molar-refractivity contribution in [2.45, 2.75) is 69.8 Å². The minimum Gasteiger partial charge on any atom is -0.345 e. The summed E-state index contributed by atoms with van der Waals surface area (Å²) in [5.41, 5.74) is 2.62. The highest BCUT2D eigenvalue weighted by Crippen LogP contribution is 2.32. The summed E-state index contributed by atoms with van der Waals surface area (Å²) in [5, 5.41) is 5.35. The maximum Gasteiger partial charge on any atom is 0.389 e. The van der Waals surface area contributed by atoms with Crippen LogP contribution in [0.25, 0.3) is 11.0 Å². The minimum absolute atomic E-state index is 0.140. The van der Waals surface area contributed by atoms with E-state index in [1.54, 1.807) is 11.8 Å². The van der Waals surface area contributed by atoms with E-state index >= 15 is 0 Å². The molecule has 1 aliphatic rings. The molecular weight excluding hydrogens is 523 g/mol. The average molecular weight is 558 g/mol. The molecule has 8 nitrogen and oxygen atoms in total. The van der Waals surface area contributed by atoms with Gasteiger partial charge in [0.15, 0.2) is 0 Å². The molecule has 3 aromatic rings. The van der Waals surface area contributed by atoms with Crippen molar-refractivity contribution in [1.82, 2.24) is 25.1 Å². The Morgan fingerprint density at radius 2 is 1.75 bits per heavy atom. The first-order chi connectivity index (χ1) is 19.0. The number of halogens is 3. The third kappa shape index (κ3) is 7.19. The summed E-state index contributed by atoms with van der Waals surface area (Å²) < 4.78 is 39.6. The van der Waals surface area contributed by atoms with E-state index in [9.17, 15) is 27.6 Å². The number of nitrogens with zero attached hydrogens (tertiary/aromatic N) is 3. The number of rotatable bonds is 10. The molecule has 11 heteroatoms. The molecule has 1 saturated heterocycles. The molecule has 0 spiro atoms. The number of aryl methyl sites for hydroxylation is 1. The molecular formula is C29H34F3N5O3. The Hall–Kier alpha value is -3.89. The fourth-order valence-corrected chi connectivity index (χ4v) is 5.23. The van der Waals surface area contributed by atoms with Gasteiger partial charge in [0, 0.05) is 26.4 Å². The van der Waals surface area contributed by atoms with E-state index in [4.69, 9.17) is 0 Å². The van der Waals surface area contributed by atoms with Gasteiger partial charge in [-0.1, -0.05) is 42.5 Å². The second-order valence-corrected chi connectivity index (χ2v) is 10.2. The Bertz CT molecular complexity index is 1340. The fourth-order valence-electron chi connectivity index (χ4n) is 5.23. The van der Waals surface area contributed by atoms with E-state index in [0.717, 1.165) is 29.4 Å². The molecule has 2 aromatic carbocycles. The smallest absolute Gasteiger partial charge is 0.345 e. The lowest BCUT2D eigenvalue weighted by Crippen LogP contribution is -2.50. The fraction of sp³-hybridized carbons (Fsp3) is 0.448. The Labute approximate surface area is 230 Å². The number of hydrogen-bond acceptors (Lipinski definition) is 4. The summed E-state index contributed by atoms with van der Waals surface area (Å²) in [6, 6.07) is 15.1. The summed E-state index contributed by atoms with van der Waals surface area (Å²) in [4.78, 5) is 45.7. The second-order valence-electron chi connectivity index (χ2n) is 10.2. The normalized spacial score (nSPS) is 17.0. The van der Waals surface area contributed by atoms with E-state index in [-0.39, 0.29) is 18.4 Å². The average Bonchev–Trinajstić information content (AvgIpc) is 3.53. The monoisotopic (exact) mass is 557 g/mol. The molecule has 40 heavy (non-hydrogen) atoms. The van der Waals surface area contributed by atoms with Crippen LogP contribution in [0.15, 0.2) is 54.6 Å². The number of benzene rings is 2. The molecule has 4 rings (SSSR count). The zero-order chi connectivity index (χ0) is 28.9. The van der Waals surface area contributed by atoms with Gasteiger partial charge >= 0.3 is 6.18 Å². The number of para-hydroxylation sites is 2. The van der Waals surface area contributed by atoms with Gasteiger partial charge in [-0.2, -0.15) is 13.2 Å². The Morgan fingerprint density at radius 1 is 1.05 bits per heavy atom. The topological polar surface area (TPSA) is 96.3 Å². The van der Waals surface area contributed by atoms with Gasteiger partial charge in [0.25, 0.3) is 0 Å². The van der Waals surface area contributed by atoms with E-state index in [1.165, 1.54) is 0 Å². The van der Waals surface area contributed by atoms with Crippen LogP contribution < -0.4 is 10.6 Å². The number of aromatic nitrogens is 2. The van der Waals surface area contributed by atoms with Gasteiger partial charge in [0.1, 0.15) is 11.9 Å². The molecule has 0 bridgehead atoms. The zero-order valence-corrected chi connectivity index (χ0v) is 22.6. The van der Waals surface area contributed by atoms with E-state index in [2.05, 4.69) is 15.6 Å². The van der Waals surface area contributed by atoms with Gasteiger partial charge in [-0.15, -0.1) is 0 Å². The number of hydrogen-bond donors (Lipinski definition) is 2. The first kappa shape index (κ1) is 29.1. The largest absolute Gasteiger partial charge is 0.389 e. The van der Waals surface area contributed by atoms with Crippen LogP contribution in [0.2, 0.25) is 0 Å². The predicted molar refractivity (Wildman–Crippen MR) is 144 cm³/mol. The molecule has 0 radical (unpaired) electrons. The van der Waals surface area contributed by atoms with Crippen LogP contribution in [0.5, 0.6) is 0 Å². The summed E-state index contributed by atoms with van der Waals surface area (Å²) in [7, 11) is 1.83. The van der Waals surface area contributed by atoms with Gasteiger partial charge in [-0.25, -0.2) is 4.98 Å². The highest BCUT2D eigenvalue weighted by Gasteiger charge is 2.34. The summed E-state index contributed by atoms with van der Waals surface area (Å²) >= 11 is 0. The number of nitrogens with one attached hydrogen (secondary N) is 2. The van der Waals surface area contributed by atoms with Crippen molar-refractivity contribution >= 4 is 28.8 Å². The first-order valence-corrected chi connectivity index (χ1v) is 13.5. The Balaban J connectivity index is 1.48. The van der Waals surface area contributed by atoms with Crippen LogP contribution in [0.4, 0.5) is 13.2 Å². The van der Waals surface area contributed by atoms with Crippen LogP contribution in [0.3, 0.4) is 0 Å². The summed E-state index contributed by atoms with van der Waals surface area (Å²) in [6.45, 7) is 2.26. The van der Waals surface area contributed by atoms with Crippen LogP contribution in [0, 0.1) is 0 Å². The van der Waals surface area contributed by atoms with Gasteiger partial charge in [0.2, 0.25) is 17.7 Å². The maximum absolute atomic E-state index is 13.4. The second kappa shape index (κ2) is 12.5. The SMILES string of the molecule is C[C@H](NC(=O)C(CC(=O)N1CCCC1c1ccccc1)NC(=O)CCCC(F)(F)F)c1nc2ccccc2n1C. The number of amides is 3. The van der Waals surface area contributed by atoms with Gasteiger partial charge < -0.3 is 20.1 Å². The molecule has 2 N–H and O–H groups in total. The van der Waals surface area contributed by atoms with Crippen molar-refractivity contribution in [3.8, 4) is 0 Å². The maximum atomic E-state index is 13.4. The number of carbonyl (C=O) groups excluding carboxylic acids is 3. The van der Waals surface area contributed by atoms with Crippen LogP contribution in [-0.2, 0) is 21.4 Å². The lowest BCUT2D eigenvalue weighted by molar-refractivity contribution is -0.139. The molecule has 2 unspecified atom stereocenters. The van der Waals surface area contributed by atoms with Crippen molar-refractivity contribution < 1.29 is 27.6 Å². The highest BCUT2D eigenvalue weighted by atomic mass is 19.4. The minimum atomic E-state index is -4.38. The van der Waals surface area contributed by atoms with Crippen LogP contribution in [-0.4, -0.2) is 50.9 Å². The molecule has 0 aliphatic carbocycles. The standard InChI is InChI=1S/C29H34F3N5O3/c1-19(27-35-21-12-6-7-13-24(21)36(27)2)33-28(40)22(34-25(38)15-8-16-29(30,31)32)18-26(39)37-17-9-14-23(37)20-10-4-3-5-11-20/h3-7,10-13,19,22-23H,8-9,14-18H2,1-2H3,(H,33,40)(H,34,38)/t19-,22?,23?/m0/s1. The third-order valence-corrected chi connectivity index (χ3v) is 7.22. The number of fused-ring (bicyclic) bond motifs is 1. The van der Waals surface area contributed by atoms with E-state index in [1.807, 2.05) is 66.2 Å². The Kier molecular flexibility index (Phi) is 9.11. The van der Waals surface area contributed by atoms with Crippen molar-refractivity contribution in [2.75, 3.05) is 6.54 Å². The number of imidazole rings is 1. The lowest BCUT2D eigenvalue weighted by atomic mass is 10.0. The van der Waals surface area contributed by atoms with E-state index in [0.29, 0.717) is 12.4 Å². The molecule has 1 fully saturated rings. The van der Waals surface area contributed by atoms with Crippen molar-refractivity contribution in [2.24, 2.45) is 7.05 Å². The number of alkyl halides is 3. The van der Waals surface area contributed by atoms with Gasteiger partial charge in [0.05, 0.1) is 29.5 Å². The van der Waals surface area contributed by atoms with E-state index < -0.39 is 49.3 Å². The lowest BCUT2D eigenvalue weighted by Gasteiger charge is -2.28. The molecule has 1 aromatic heterocycles. The van der Waals surface area contributed by atoms with Crippen LogP contribution >= 0.6 is 0 Å². The van der Waals surface area contributed by atoms with Gasteiger partial charge in [-0.05, 0) is 43.9 Å². The summed E-state index contributed by atoms with van der Waals surface area (Å²) in [5.74, 6) is -1.04. The molecule has 214 valence electrons. The quantitative estimate of drug-likeness (QED) is 0.377. The number of likely N-dealkylation sites (tertiary alicyclic amines) is 1. The molecule has 3 amide bonds. The van der Waals surface area contributed by atoms with Crippen molar-refractivity contribution in [3.05, 3.63) is 66.0 Å². The van der Waals surface area contributed by atoms with Crippen molar-refractivity contribution in [3.63, 3.8) is 0 Å². The zero-order valence-electron chi connectivity index (χ0n) is 22.6. The van der Waals surface area contributed by atoms with Crippen molar-refractivity contribution in [1.29, 1.82) is 0 Å². The third-order valence-electron chi connectivity index (χ3n) is 7.22. The first-order valence-electron chi connectivity index (χ1n) is 13.5. The van der Waals surface area contributed by atoms with Crippen LogP contribution in [0.1, 0.15) is 68.9 Å². The molecule has 3 atom stereocenters. The highest BCUT2D eigenvalue weighted by molar-refractivity contribution is 5.92. The number of carbonyl (C=O) groups is 3. The molecule has 2 heterocycles. The molecule has 1 aliphatic heterocycles. The molecule has 0 saturated carbocycles.